The number of benzene rings is 1. The average Bonchev–Trinajstić information content (AvgIpc) is 2.30. The molecule has 1 N–H and O–H groups in total. The summed E-state index contributed by atoms with van der Waals surface area (Å²) in [7, 11) is 0. The van der Waals surface area contributed by atoms with Crippen LogP contribution in [0.15, 0.2) is 18.2 Å². The molecule has 0 amide bonds. The number of hydrogen-bond donors (Lipinski definition) is 1. The van der Waals surface area contributed by atoms with Gasteiger partial charge >= 0.3 is 0 Å². The minimum Gasteiger partial charge on any atom is -0.310 e. The zero-order valence-corrected chi connectivity index (χ0v) is 11.3. The van der Waals surface area contributed by atoms with Crippen molar-refractivity contribution < 1.29 is 0 Å². The van der Waals surface area contributed by atoms with Crippen molar-refractivity contribution in [1.29, 1.82) is 0 Å². The fourth-order valence-corrected chi connectivity index (χ4v) is 2.05. The van der Waals surface area contributed by atoms with Gasteiger partial charge in [-0.1, -0.05) is 45.9 Å². The quantitative estimate of drug-likeness (QED) is 0.756. The standard InChI is InChI=1S/C13H19N.C2H6/c1-9(2)11-4-5-12-8-14-10(3)6-13(12)7-11;1-2/h4-5,7,9-10,14H,6,8H2,1-3H3;1-2H3. The van der Waals surface area contributed by atoms with E-state index in [9.17, 15) is 0 Å². The molecule has 16 heavy (non-hydrogen) atoms. The van der Waals surface area contributed by atoms with E-state index in [1.165, 1.54) is 17.5 Å². The minimum absolute atomic E-state index is 0.630. The number of nitrogens with one attached hydrogen (secondary N) is 1. The Bertz CT molecular complexity index is 328. The third-order valence-corrected chi connectivity index (χ3v) is 3.06. The van der Waals surface area contributed by atoms with Gasteiger partial charge in [-0.25, -0.2) is 0 Å². The van der Waals surface area contributed by atoms with Crippen molar-refractivity contribution in [1.82, 2.24) is 5.32 Å². The molecular weight excluding hydrogens is 194 g/mol. The summed E-state index contributed by atoms with van der Waals surface area (Å²) >= 11 is 0. The highest BCUT2D eigenvalue weighted by Crippen LogP contribution is 2.22. The van der Waals surface area contributed by atoms with E-state index >= 15 is 0 Å². The van der Waals surface area contributed by atoms with E-state index in [0.29, 0.717) is 12.0 Å². The topological polar surface area (TPSA) is 12.0 Å². The lowest BCUT2D eigenvalue weighted by Crippen LogP contribution is -2.32. The van der Waals surface area contributed by atoms with Gasteiger partial charge in [0.2, 0.25) is 0 Å². The molecule has 0 fully saturated rings. The fraction of sp³-hybridized carbons (Fsp3) is 0.600. The van der Waals surface area contributed by atoms with E-state index in [1.807, 2.05) is 13.8 Å². The van der Waals surface area contributed by atoms with E-state index in [0.717, 1.165) is 6.54 Å². The second kappa shape index (κ2) is 6.05. The molecule has 2 rings (SSSR count). The molecular formula is C15H25N. The maximum absolute atomic E-state index is 3.49. The zero-order chi connectivity index (χ0) is 12.1. The molecule has 1 heteroatoms. The summed E-state index contributed by atoms with van der Waals surface area (Å²) in [6, 6.07) is 7.56. The Morgan fingerprint density at radius 1 is 1.19 bits per heavy atom. The summed E-state index contributed by atoms with van der Waals surface area (Å²) < 4.78 is 0. The maximum atomic E-state index is 3.49. The van der Waals surface area contributed by atoms with Gasteiger partial charge in [-0.05, 0) is 36.0 Å². The normalized spacial score (nSPS) is 18.8. The van der Waals surface area contributed by atoms with Gasteiger partial charge in [-0.3, -0.25) is 0 Å². The summed E-state index contributed by atoms with van der Waals surface area (Å²) in [5.41, 5.74) is 4.49. The molecule has 1 aromatic carbocycles. The molecule has 1 aliphatic rings. The maximum Gasteiger partial charge on any atom is 0.0210 e. The van der Waals surface area contributed by atoms with Gasteiger partial charge in [0.1, 0.15) is 0 Å². The predicted octanol–water partition coefficient (Wildman–Crippen LogP) is 3.87. The molecule has 0 saturated heterocycles. The monoisotopic (exact) mass is 219 g/mol. The van der Waals surface area contributed by atoms with E-state index in [4.69, 9.17) is 0 Å². The Kier molecular flexibility index (Phi) is 5.01. The Hall–Kier alpha value is -0.820. The van der Waals surface area contributed by atoms with E-state index in [1.54, 1.807) is 5.56 Å². The first-order valence-corrected chi connectivity index (χ1v) is 6.52. The average molecular weight is 219 g/mol. The first-order chi connectivity index (χ1) is 7.66. The molecule has 0 aromatic heterocycles. The molecule has 0 aliphatic carbocycles. The smallest absolute Gasteiger partial charge is 0.0210 e. The van der Waals surface area contributed by atoms with Gasteiger partial charge < -0.3 is 5.32 Å². The molecule has 0 radical (unpaired) electrons. The van der Waals surface area contributed by atoms with Crippen LogP contribution in [0.3, 0.4) is 0 Å². The molecule has 0 bridgehead atoms. The molecule has 0 spiro atoms. The van der Waals surface area contributed by atoms with Crippen LogP contribution in [0.4, 0.5) is 0 Å². The highest BCUT2D eigenvalue weighted by Gasteiger charge is 2.14. The molecule has 1 atom stereocenters. The van der Waals surface area contributed by atoms with Crippen LogP contribution >= 0.6 is 0 Å². The summed E-state index contributed by atoms with van der Waals surface area (Å²) in [6.45, 7) is 11.8. The van der Waals surface area contributed by atoms with Crippen molar-refractivity contribution >= 4 is 0 Å². The van der Waals surface area contributed by atoms with Crippen molar-refractivity contribution in [3.05, 3.63) is 34.9 Å². The van der Waals surface area contributed by atoms with Crippen LogP contribution in [0.5, 0.6) is 0 Å². The van der Waals surface area contributed by atoms with Crippen LogP contribution < -0.4 is 5.32 Å². The van der Waals surface area contributed by atoms with Crippen molar-refractivity contribution in [3.63, 3.8) is 0 Å². The molecule has 1 unspecified atom stereocenters. The Morgan fingerprint density at radius 3 is 2.50 bits per heavy atom. The first-order valence-electron chi connectivity index (χ1n) is 6.52. The Morgan fingerprint density at radius 2 is 1.88 bits per heavy atom. The Balaban J connectivity index is 0.000000606. The number of fused-ring (bicyclic) bond motifs is 1. The van der Waals surface area contributed by atoms with Crippen molar-refractivity contribution in [2.75, 3.05) is 0 Å². The van der Waals surface area contributed by atoms with E-state index in [-0.39, 0.29) is 0 Å². The highest BCUT2D eigenvalue weighted by atomic mass is 14.9. The van der Waals surface area contributed by atoms with Crippen LogP contribution in [-0.4, -0.2) is 6.04 Å². The van der Waals surface area contributed by atoms with Gasteiger partial charge in [-0.2, -0.15) is 0 Å². The van der Waals surface area contributed by atoms with Crippen molar-refractivity contribution in [2.24, 2.45) is 0 Å². The summed E-state index contributed by atoms with van der Waals surface area (Å²) in [5, 5.41) is 3.49. The molecule has 1 nitrogen and oxygen atoms in total. The molecule has 1 heterocycles. The Labute approximate surface area is 100 Å². The van der Waals surface area contributed by atoms with Gasteiger partial charge in [-0.15, -0.1) is 0 Å². The predicted molar refractivity (Wildman–Crippen MR) is 71.9 cm³/mol. The first kappa shape index (κ1) is 13.2. The van der Waals surface area contributed by atoms with Gasteiger partial charge in [0.15, 0.2) is 0 Å². The fourth-order valence-electron chi connectivity index (χ4n) is 2.05. The van der Waals surface area contributed by atoms with Crippen molar-refractivity contribution in [3.8, 4) is 0 Å². The van der Waals surface area contributed by atoms with E-state index < -0.39 is 0 Å². The van der Waals surface area contributed by atoms with Gasteiger partial charge in [0.25, 0.3) is 0 Å². The van der Waals surface area contributed by atoms with Crippen LogP contribution in [0.1, 0.15) is 57.2 Å². The van der Waals surface area contributed by atoms with Crippen LogP contribution in [0.2, 0.25) is 0 Å². The highest BCUT2D eigenvalue weighted by molar-refractivity contribution is 5.35. The van der Waals surface area contributed by atoms with E-state index in [2.05, 4.69) is 44.3 Å². The third kappa shape index (κ3) is 3.08. The summed E-state index contributed by atoms with van der Waals surface area (Å²) in [4.78, 5) is 0. The second-order valence-electron chi connectivity index (χ2n) is 4.67. The van der Waals surface area contributed by atoms with Crippen molar-refractivity contribution in [2.45, 2.75) is 59.5 Å². The van der Waals surface area contributed by atoms with Gasteiger partial charge in [0, 0.05) is 12.6 Å². The lowest BCUT2D eigenvalue weighted by Gasteiger charge is -2.24. The van der Waals surface area contributed by atoms with Crippen LogP contribution in [-0.2, 0) is 13.0 Å². The number of hydrogen-bond acceptors (Lipinski definition) is 1. The minimum atomic E-state index is 0.630. The summed E-state index contributed by atoms with van der Waals surface area (Å²) in [5.74, 6) is 0.644. The lowest BCUT2D eigenvalue weighted by molar-refractivity contribution is 0.513. The molecule has 1 aromatic rings. The summed E-state index contributed by atoms with van der Waals surface area (Å²) in [6.07, 6.45) is 1.18. The lowest BCUT2D eigenvalue weighted by atomic mass is 9.92. The van der Waals surface area contributed by atoms with Crippen LogP contribution in [0.25, 0.3) is 0 Å². The molecule has 0 saturated carbocycles. The third-order valence-electron chi connectivity index (χ3n) is 3.06. The van der Waals surface area contributed by atoms with Gasteiger partial charge in [0.05, 0.1) is 0 Å². The second-order valence-corrected chi connectivity index (χ2v) is 4.67. The SMILES string of the molecule is CC.CC1Cc2cc(C(C)C)ccc2CN1. The zero-order valence-electron chi connectivity index (χ0n) is 11.3. The van der Waals surface area contributed by atoms with Crippen LogP contribution in [0, 0.1) is 0 Å². The molecule has 90 valence electrons. The largest absolute Gasteiger partial charge is 0.310 e. The number of rotatable bonds is 1. The molecule has 1 aliphatic heterocycles.